The van der Waals surface area contributed by atoms with E-state index in [1.165, 1.54) is 0 Å². The molecule has 2 heteroatoms. The van der Waals surface area contributed by atoms with Gasteiger partial charge in [-0.25, -0.2) is 0 Å². The van der Waals surface area contributed by atoms with Crippen LogP contribution in [0.3, 0.4) is 0 Å². The standard InChI is InChI=1S/C17H26O2/c1-6-7-8-16(18)15-10-13(11(2)3)9-14(12(4)5)17(15)19/h9-12,19H,6-8H2,1-5H3. The molecule has 0 heterocycles. The molecule has 0 unspecified atom stereocenters. The molecule has 0 radical (unpaired) electrons. The molecule has 106 valence electrons. The van der Waals surface area contributed by atoms with Crippen LogP contribution < -0.4 is 0 Å². The maximum Gasteiger partial charge on any atom is 0.166 e. The molecular formula is C17H26O2. The van der Waals surface area contributed by atoms with Gasteiger partial charge in [0.25, 0.3) is 0 Å². The summed E-state index contributed by atoms with van der Waals surface area (Å²) in [5, 5.41) is 10.3. The van der Waals surface area contributed by atoms with Crippen molar-refractivity contribution in [2.75, 3.05) is 0 Å². The SMILES string of the molecule is CCCCC(=O)c1cc(C(C)C)cc(C(C)C)c1O. The van der Waals surface area contributed by atoms with Crippen LogP contribution in [-0.2, 0) is 0 Å². The minimum absolute atomic E-state index is 0.0590. The van der Waals surface area contributed by atoms with Crippen molar-refractivity contribution in [3.8, 4) is 5.75 Å². The Morgan fingerprint density at radius 3 is 2.26 bits per heavy atom. The van der Waals surface area contributed by atoms with Gasteiger partial charge in [-0.1, -0.05) is 47.1 Å². The molecule has 1 aromatic rings. The maximum atomic E-state index is 12.2. The summed E-state index contributed by atoms with van der Waals surface area (Å²) in [6.45, 7) is 10.4. The van der Waals surface area contributed by atoms with Crippen LogP contribution in [0.2, 0.25) is 0 Å². The van der Waals surface area contributed by atoms with E-state index in [-0.39, 0.29) is 17.5 Å². The number of unbranched alkanes of at least 4 members (excludes halogenated alkanes) is 1. The minimum atomic E-state index is 0.0590. The zero-order valence-electron chi connectivity index (χ0n) is 12.8. The van der Waals surface area contributed by atoms with Crippen LogP contribution >= 0.6 is 0 Å². The van der Waals surface area contributed by atoms with E-state index in [9.17, 15) is 9.90 Å². The highest BCUT2D eigenvalue weighted by molar-refractivity contribution is 5.99. The number of phenolic OH excluding ortho intramolecular Hbond substituents is 1. The molecule has 0 spiro atoms. The topological polar surface area (TPSA) is 37.3 Å². The molecule has 0 atom stereocenters. The fraction of sp³-hybridized carbons (Fsp3) is 0.588. The highest BCUT2D eigenvalue weighted by Gasteiger charge is 2.18. The van der Waals surface area contributed by atoms with Gasteiger partial charge >= 0.3 is 0 Å². The predicted molar refractivity (Wildman–Crippen MR) is 80.1 cm³/mol. The Kier molecular flexibility index (Phi) is 5.59. The number of carbonyl (C=O) groups is 1. The summed E-state index contributed by atoms with van der Waals surface area (Å²) < 4.78 is 0. The molecule has 0 aliphatic carbocycles. The molecule has 0 saturated heterocycles. The molecule has 0 saturated carbocycles. The average Bonchev–Trinajstić information content (AvgIpc) is 2.35. The third-order valence-corrected chi connectivity index (χ3v) is 3.51. The summed E-state index contributed by atoms with van der Waals surface area (Å²) in [5.74, 6) is 0.816. The molecule has 0 aliphatic heterocycles. The molecule has 1 rings (SSSR count). The van der Waals surface area contributed by atoms with Crippen molar-refractivity contribution >= 4 is 5.78 Å². The summed E-state index contributed by atoms with van der Waals surface area (Å²) >= 11 is 0. The van der Waals surface area contributed by atoms with Crippen molar-refractivity contribution in [2.24, 2.45) is 0 Å². The Morgan fingerprint density at radius 2 is 1.79 bits per heavy atom. The van der Waals surface area contributed by atoms with Gasteiger partial charge in [-0.3, -0.25) is 4.79 Å². The van der Waals surface area contributed by atoms with E-state index in [1.54, 1.807) is 0 Å². The number of carbonyl (C=O) groups excluding carboxylic acids is 1. The second-order valence-electron chi connectivity index (χ2n) is 5.84. The van der Waals surface area contributed by atoms with E-state index < -0.39 is 0 Å². The predicted octanol–water partition coefficient (Wildman–Crippen LogP) is 5.01. The van der Waals surface area contributed by atoms with Gasteiger partial charge in [0, 0.05) is 6.42 Å². The van der Waals surface area contributed by atoms with Crippen LogP contribution in [0.25, 0.3) is 0 Å². The number of hydrogen-bond acceptors (Lipinski definition) is 2. The van der Waals surface area contributed by atoms with Gasteiger partial charge in [0.1, 0.15) is 5.75 Å². The molecule has 1 N–H and O–H groups in total. The zero-order chi connectivity index (χ0) is 14.6. The average molecular weight is 262 g/mol. The Bertz CT molecular complexity index is 445. The van der Waals surface area contributed by atoms with Crippen LogP contribution in [0.15, 0.2) is 12.1 Å². The van der Waals surface area contributed by atoms with Crippen LogP contribution in [0.4, 0.5) is 0 Å². The molecule has 0 aliphatic rings. The fourth-order valence-corrected chi connectivity index (χ4v) is 2.14. The first-order valence-corrected chi connectivity index (χ1v) is 7.28. The lowest BCUT2D eigenvalue weighted by Crippen LogP contribution is -2.04. The Balaban J connectivity index is 3.25. The minimum Gasteiger partial charge on any atom is -0.507 e. The van der Waals surface area contributed by atoms with Crippen molar-refractivity contribution in [3.63, 3.8) is 0 Å². The summed E-state index contributed by atoms with van der Waals surface area (Å²) in [4.78, 5) is 12.2. The Hall–Kier alpha value is -1.31. The van der Waals surface area contributed by atoms with Crippen LogP contribution in [0, 0.1) is 0 Å². The van der Waals surface area contributed by atoms with Gasteiger partial charge in [0.2, 0.25) is 0 Å². The first-order valence-electron chi connectivity index (χ1n) is 7.28. The number of rotatable bonds is 6. The van der Waals surface area contributed by atoms with Gasteiger partial charge in [0.05, 0.1) is 5.56 Å². The lowest BCUT2D eigenvalue weighted by Gasteiger charge is -2.16. The first-order chi connectivity index (χ1) is 8.88. The quantitative estimate of drug-likeness (QED) is 0.731. The molecule has 1 aromatic carbocycles. The third-order valence-electron chi connectivity index (χ3n) is 3.51. The second-order valence-corrected chi connectivity index (χ2v) is 5.84. The number of ketones is 1. The van der Waals surface area contributed by atoms with E-state index in [0.717, 1.165) is 24.0 Å². The number of aromatic hydroxyl groups is 1. The highest BCUT2D eigenvalue weighted by Crippen LogP contribution is 2.33. The Morgan fingerprint density at radius 1 is 1.16 bits per heavy atom. The Labute approximate surface area is 116 Å². The summed E-state index contributed by atoms with van der Waals surface area (Å²) in [6, 6.07) is 3.89. The number of phenols is 1. The monoisotopic (exact) mass is 262 g/mol. The summed E-state index contributed by atoms with van der Waals surface area (Å²) in [5.41, 5.74) is 2.51. The van der Waals surface area contributed by atoms with Gasteiger partial charge in [-0.05, 0) is 35.4 Å². The van der Waals surface area contributed by atoms with Crippen molar-refractivity contribution < 1.29 is 9.90 Å². The molecule has 0 fully saturated rings. The summed E-state index contributed by atoms with van der Waals surface area (Å²) in [7, 11) is 0. The van der Waals surface area contributed by atoms with Crippen molar-refractivity contribution in [3.05, 3.63) is 28.8 Å². The first kappa shape index (κ1) is 15.7. The van der Waals surface area contributed by atoms with Crippen molar-refractivity contribution in [1.82, 2.24) is 0 Å². The molecule has 0 aromatic heterocycles. The lowest BCUT2D eigenvalue weighted by atomic mass is 9.90. The summed E-state index contributed by atoms with van der Waals surface area (Å²) in [6.07, 6.45) is 2.39. The van der Waals surface area contributed by atoms with Crippen LogP contribution in [0.1, 0.15) is 87.2 Å². The van der Waals surface area contributed by atoms with E-state index >= 15 is 0 Å². The third kappa shape index (κ3) is 3.82. The van der Waals surface area contributed by atoms with E-state index in [1.807, 2.05) is 26.0 Å². The fourth-order valence-electron chi connectivity index (χ4n) is 2.14. The number of hydrogen-bond donors (Lipinski definition) is 1. The van der Waals surface area contributed by atoms with Gasteiger partial charge in [0.15, 0.2) is 5.78 Å². The number of benzene rings is 1. The smallest absolute Gasteiger partial charge is 0.166 e. The van der Waals surface area contributed by atoms with Gasteiger partial charge < -0.3 is 5.11 Å². The van der Waals surface area contributed by atoms with Crippen LogP contribution in [-0.4, -0.2) is 10.9 Å². The van der Waals surface area contributed by atoms with Crippen molar-refractivity contribution in [1.29, 1.82) is 0 Å². The van der Waals surface area contributed by atoms with E-state index in [4.69, 9.17) is 0 Å². The number of Topliss-reactive ketones (excluding diaryl/α,β-unsaturated/α-hetero) is 1. The van der Waals surface area contributed by atoms with Crippen molar-refractivity contribution in [2.45, 2.75) is 65.7 Å². The molecule has 0 bridgehead atoms. The van der Waals surface area contributed by atoms with E-state index in [2.05, 4.69) is 20.8 Å². The molecule has 2 nitrogen and oxygen atoms in total. The zero-order valence-corrected chi connectivity index (χ0v) is 12.8. The molecule has 0 amide bonds. The largest absolute Gasteiger partial charge is 0.507 e. The lowest BCUT2D eigenvalue weighted by molar-refractivity contribution is 0.0977. The maximum absolute atomic E-state index is 12.2. The highest BCUT2D eigenvalue weighted by atomic mass is 16.3. The molecule has 19 heavy (non-hydrogen) atoms. The molecular weight excluding hydrogens is 236 g/mol. The van der Waals surface area contributed by atoms with Crippen LogP contribution in [0.5, 0.6) is 5.75 Å². The van der Waals surface area contributed by atoms with Gasteiger partial charge in [-0.2, -0.15) is 0 Å². The second kappa shape index (κ2) is 6.74. The van der Waals surface area contributed by atoms with E-state index in [0.29, 0.717) is 17.9 Å². The van der Waals surface area contributed by atoms with Gasteiger partial charge in [-0.15, -0.1) is 0 Å². The normalized spacial score (nSPS) is 11.3.